The van der Waals surface area contributed by atoms with Crippen molar-refractivity contribution in [3.8, 4) is 5.75 Å². The van der Waals surface area contributed by atoms with Gasteiger partial charge in [-0.25, -0.2) is 4.39 Å². The number of piperidine rings is 1. The van der Waals surface area contributed by atoms with Crippen LogP contribution in [-0.2, 0) is 0 Å². The number of carbonyl (C=O) groups excluding carboxylic acids is 1. The molecule has 4 nitrogen and oxygen atoms in total. The Hall–Kier alpha value is -2.56. The van der Waals surface area contributed by atoms with Crippen LogP contribution in [0.3, 0.4) is 0 Å². The van der Waals surface area contributed by atoms with Crippen molar-refractivity contribution in [2.75, 3.05) is 18.6 Å². The number of hydrogen-bond donors (Lipinski definition) is 0. The van der Waals surface area contributed by atoms with Gasteiger partial charge in [0.1, 0.15) is 11.6 Å². The SMILES string of the molecule is COc1ccccc1C(=O)N1CCC[C@H]2[C@@H]1CC(C)(C)N2c1ccc(F)cc1. The number of methoxy groups -OCH3 is 1. The normalized spacial score (nSPS) is 23.4. The average Bonchev–Trinajstić information content (AvgIpc) is 2.98. The number of amides is 1. The average molecular weight is 382 g/mol. The van der Waals surface area contributed by atoms with Crippen LogP contribution in [0.4, 0.5) is 10.1 Å². The highest BCUT2D eigenvalue weighted by Crippen LogP contribution is 2.44. The summed E-state index contributed by atoms with van der Waals surface area (Å²) in [6.07, 6.45) is 2.87. The van der Waals surface area contributed by atoms with Crippen LogP contribution >= 0.6 is 0 Å². The first-order valence-electron chi connectivity index (χ1n) is 9.91. The van der Waals surface area contributed by atoms with Gasteiger partial charge in [-0.05, 0) is 69.5 Å². The van der Waals surface area contributed by atoms with Crippen molar-refractivity contribution in [3.05, 3.63) is 59.9 Å². The van der Waals surface area contributed by atoms with Gasteiger partial charge < -0.3 is 14.5 Å². The fraction of sp³-hybridized carbons (Fsp3) is 0.435. The quantitative estimate of drug-likeness (QED) is 0.784. The van der Waals surface area contributed by atoms with Crippen LogP contribution in [0.1, 0.15) is 43.5 Å². The Morgan fingerprint density at radius 2 is 1.82 bits per heavy atom. The van der Waals surface area contributed by atoms with Crippen molar-refractivity contribution < 1.29 is 13.9 Å². The molecule has 2 fully saturated rings. The Kier molecular flexibility index (Phi) is 4.77. The third kappa shape index (κ3) is 3.13. The van der Waals surface area contributed by atoms with E-state index < -0.39 is 0 Å². The second kappa shape index (κ2) is 7.12. The number of carbonyl (C=O) groups is 1. The van der Waals surface area contributed by atoms with Crippen molar-refractivity contribution in [2.24, 2.45) is 0 Å². The van der Waals surface area contributed by atoms with Crippen molar-refractivity contribution in [3.63, 3.8) is 0 Å². The minimum atomic E-state index is -0.228. The van der Waals surface area contributed by atoms with E-state index in [4.69, 9.17) is 4.74 Å². The van der Waals surface area contributed by atoms with Gasteiger partial charge in [-0.2, -0.15) is 0 Å². The predicted molar refractivity (Wildman–Crippen MR) is 108 cm³/mol. The van der Waals surface area contributed by atoms with Gasteiger partial charge in [0.05, 0.1) is 24.8 Å². The smallest absolute Gasteiger partial charge is 0.257 e. The molecule has 1 amide bonds. The van der Waals surface area contributed by atoms with E-state index in [0.717, 1.165) is 31.5 Å². The van der Waals surface area contributed by atoms with E-state index in [0.29, 0.717) is 11.3 Å². The van der Waals surface area contributed by atoms with E-state index in [9.17, 15) is 9.18 Å². The molecular formula is C23H27FN2O2. The molecule has 0 saturated carbocycles. The second-order valence-corrected chi connectivity index (χ2v) is 8.34. The van der Waals surface area contributed by atoms with Crippen LogP contribution in [-0.4, -0.2) is 42.1 Å². The first kappa shape index (κ1) is 18.8. The molecular weight excluding hydrogens is 355 g/mol. The summed E-state index contributed by atoms with van der Waals surface area (Å²) in [5.41, 5.74) is 1.52. The van der Waals surface area contributed by atoms with Gasteiger partial charge in [0.15, 0.2) is 0 Å². The maximum atomic E-state index is 13.4. The molecule has 0 bridgehead atoms. The predicted octanol–water partition coefficient (Wildman–Crippen LogP) is 4.50. The van der Waals surface area contributed by atoms with Gasteiger partial charge >= 0.3 is 0 Å². The van der Waals surface area contributed by atoms with Crippen LogP contribution in [0.2, 0.25) is 0 Å². The zero-order valence-electron chi connectivity index (χ0n) is 16.7. The lowest BCUT2D eigenvalue weighted by atomic mass is 9.93. The standard InChI is InChI=1S/C23H27FN2O2/c1-23(2)15-20-19(26(23)17-12-10-16(24)11-13-17)8-6-14-25(20)22(27)18-7-4-5-9-21(18)28-3/h4-5,7,9-13,19-20H,6,8,14-15H2,1-3H3/t19-,20-/m0/s1. The summed E-state index contributed by atoms with van der Waals surface area (Å²) < 4.78 is 18.9. The molecule has 0 aliphatic carbocycles. The Morgan fingerprint density at radius 3 is 2.54 bits per heavy atom. The number of anilines is 1. The summed E-state index contributed by atoms with van der Waals surface area (Å²) >= 11 is 0. The summed E-state index contributed by atoms with van der Waals surface area (Å²) in [5, 5.41) is 0. The summed E-state index contributed by atoms with van der Waals surface area (Å²) in [6.45, 7) is 5.17. The molecule has 2 aliphatic rings. The molecule has 0 aromatic heterocycles. The lowest BCUT2D eigenvalue weighted by Gasteiger charge is -2.42. The van der Waals surface area contributed by atoms with Crippen molar-refractivity contribution >= 4 is 11.6 Å². The number of benzene rings is 2. The number of para-hydroxylation sites is 1. The Bertz CT molecular complexity index is 865. The third-order valence-corrected chi connectivity index (χ3v) is 6.14. The summed E-state index contributed by atoms with van der Waals surface area (Å²) in [6, 6.07) is 14.5. The fourth-order valence-electron chi connectivity index (χ4n) is 5.01. The van der Waals surface area contributed by atoms with Crippen LogP contribution in [0.5, 0.6) is 5.75 Å². The number of hydrogen-bond acceptors (Lipinski definition) is 3. The molecule has 148 valence electrons. The largest absolute Gasteiger partial charge is 0.496 e. The maximum absolute atomic E-state index is 13.4. The molecule has 2 aromatic carbocycles. The van der Waals surface area contributed by atoms with Gasteiger partial charge in [0.2, 0.25) is 0 Å². The molecule has 2 aliphatic heterocycles. The molecule has 4 rings (SSSR count). The first-order valence-corrected chi connectivity index (χ1v) is 9.91. The van der Waals surface area contributed by atoms with Crippen molar-refractivity contribution in [1.29, 1.82) is 0 Å². The minimum Gasteiger partial charge on any atom is -0.496 e. The van der Waals surface area contributed by atoms with Gasteiger partial charge in [-0.1, -0.05) is 12.1 Å². The molecule has 2 saturated heterocycles. The monoisotopic (exact) mass is 382 g/mol. The zero-order chi connectivity index (χ0) is 19.9. The molecule has 0 spiro atoms. The lowest BCUT2D eigenvalue weighted by molar-refractivity contribution is 0.0602. The van der Waals surface area contributed by atoms with Gasteiger partial charge in [-0.15, -0.1) is 0 Å². The zero-order valence-corrected chi connectivity index (χ0v) is 16.7. The lowest BCUT2D eigenvalue weighted by Crippen LogP contribution is -2.52. The Labute approximate surface area is 165 Å². The number of nitrogens with zero attached hydrogens (tertiary/aromatic N) is 2. The highest BCUT2D eigenvalue weighted by Gasteiger charge is 2.50. The maximum Gasteiger partial charge on any atom is 0.257 e. The van der Waals surface area contributed by atoms with E-state index in [2.05, 4.69) is 18.7 Å². The first-order chi connectivity index (χ1) is 13.4. The van der Waals surface area contributed by atoms with Crippen LogP contribution < -0.4 is 9.64 Å². The van der Waals surface area contributed by atoms with E-state index in [1.165, 1.54) is 12.1 Å². The van der Waals surface area contributed by atoms with Crippen LogP contribution in [0.15, 0.2) is 48.5 Å². The van der Waals surface area contributed by atoms with Crippen LogP contribution in [0, 0.1) is 5.82 Å². The molecule has 0 N–H and O–H groups in total. The Morgan fingerprint density at radius 1 is 1.11 bits per heavy atom. The number of halogens is 1. The Balaban J connectivity index is 1.67. The topological polar surface area (TPSA) is 32.8 Å². The van der Waals surface area contributed by atoms with Crippen molar-refractivity contribution in [2.45, 2.75) is 50.7 Å². The summed E-state index contributed by atoms with van der Waals surface area (Å²) in [4.78, 5) is 17.8. The highest BCUT2D eigenvalue weighted by molar-refractivity contribution is 5.97. The molecule has 0 unspecified atom stereocenters. The summed E-state index contributed by atoms with van der Waals surface area (Å²) in [5.74, 6) is 0.417. The second-order valence-electron chi connectivity index (χ2n) is 8.34. The molecule has 2 aromatic rings. The van der Waals surface area contributed by atoms with Crippen LogP contribution in [0.25, 0.3) is 0 Å². The molecule has 5 heteroatoms. The highest BCUT2D eigenvalue weighted by atomic mass is 19.1. The van der Waals surface area contributed by atoms with Gasteiger partial charge in [0.25, 0.3) is 5.91 Å². The van der Waals surface area contributed by atoms with Crippen molar-refractivity contribution in [1.82, 2.24) is 4.90 Å². The summed E-state index contributed by atoms with van der Waals surface area (Å²) in [7, 11) is 1.60. The fourth-order valence-corrected chi connectivity index (χ4v) is 5.01. The van der Waals surface area contributed by atoms with E-state index in [-0.39, 0.29) is 29.3 Å². The molecule has 2 heterocycles. The minimum absolute atomic E-state index is 0.0314. The molecule has 0 radical (unpaired) electrons. The number of ether oxygens (including phenoxy) is 1. The molecule has 2 atom stereocenters. The number of rotatable bonds is 3. The third-order valence-electron chi connectivity index (χ3n) is 6.14. The molecule has 28 heavy (non-hydrogen) atoms. The van der Waals surface area contributed by atoms with E-state index in [1.54, 1.807) is 7.11 Å². The number of fused-ring (bicyclic) bond motifs is 1. The van der Waals surface area contributed by atoms with E-state index in [1.807, 2.05) is 41.3 Å². The van der Waals surface area contributed by atoms with E-state index >= 15 is 0 Å². The van der Waals surface area contributed by atoms with Gasteiger partial charge in [0, 0.05) is 17.8 Å². The number of likely N-dealkylation sites (tertiary alicyclic amines) is 1. The van der Waals surface area contributed by atoms with Gasteiger partial charge in [-0.3, -0.25) is 4.79 Å².